The molecule has 2 fully saturated rings. The summed E-state index contributed by atoms with van der Waals surface area (Å²) in [7, 11) is 1.26. The molecule has 0 aliphatic carbocycles. The number of methoxy groups -OCH3 is 1. The first-order valence-electron chi connectivity index (χ1n) is 11.7. The first-order chi connectivity index (χ1) is 17.7. The SMILES string of the molecule is CO[C@@H]1[C@H](O[C@@H]2[C@@H](OC(C)=O)[C@@H](OC(C)=O)[C@@H](COC(C)=O)O[C@H]2O)O[C@@H](C)[C@@H](OC(C)=O)[C@H]1OC(C)=O. The summed E-state index contributed by atoms with van der Waals surface area (Å²) in [5.41, 5.74) is 0. The van der Waals surface area contributed by atoms with Gasteiger partial charge in [-0.15, -0.1) is 0 Å². The fourth-order valence-electron chi connectivity index (χ4n) is 4.20. The molecule has 2 aliphatic heterocycles. The van der Waals surface area contributed by atoms with Crippen molar-refractivity contribution in [1.29, 1.82) is 0 Å². The number of aliphatic hydroxyl groups excluding tert-OH is 1. The van der Waals surface area contributed by atoms with E-state index in [0.29, 0.717) is 0 Å². The van der Waals surface area contributed by atoms with Crippen molar-refractivity contribution >= 4 is 29.8 Å². The number of aliphatic hydroxyl groups is 1. The van der Waals surface area contributed by atoms with Gasteiger partial charge in [-0.25, -0.2) is 0 Å². The summed E-state index contributed by atoms with van der Waals surface area (Å²) >= 11 is 0. The van der Waals surface area contributed by atoms with Gasteiger partial charge in [0.2, 0.25) is 0 Å². The van der Waals surface area contributed by atoms with E-state index in [1.54, 1.807) is 0 Å². The van der Waals surface area contributed by atoms with Crippen LogP contribution in [0.5, 0.6) is 0 Å². The van der Waals surface area contributed by atoms with Crippen LogP contribution in [0.1, 0.15) is 41.5 Å². The Kier molecular flexibility index (Phi) is 11.4. The molecule has 0 aromatic rings. The molecule has 2 rings (SSSR count). The zero-order valence-electron chi connectivity index (χ0n) is 22.1. The predicted octanol–water partition coefficient (Wildman–Crippen LogP) is -0.861. The lowest BCUT2D eigenvalue weighted by molar-refractivity contribution is -0.361. The third-order valence-electron chi connectivity index (χ3n) is 5.56. The highest BCUT2D eigenvalue weighted by Crippen LogP contribution is 2.34. The van der Waals surface area contributed by atoms with E-state index in [4.69, 9.17) is 42.6 Å². The average molecular weight is 551 g/mol. The topological polar surface area (TPSA) is 189 Å². The molecule has 0 unspecified atom stereocenters. The van der Waals surface area contributed by atoms with Gasteiger partial charge in [0.25, 0.3) is 0 Å². The fraction of sp³-hybridized carbons (Fsp3) is 0.783. The van der Waals surface area contributed by atoms with Gasteiger partial charge in [0.05, 0.1) is 6.10 Å². The summed E-state index contributed by atoms with van der Waals surface area (Å²) in [5, 5.41) is 10.8. The summed E-state index contributed by atoms with van der Waals surface area (Å²) in [6, 6.07) is 0. The Labute approximate surface area is 218 Å². The minimum atomic E-state index is -1.80. The molecular formula is C23H34O15. The molecular weight excluding hydrogens is 516 g/mol. The molecule has 0 spiro atoms. The lowest BCUT2D eigenvalue weighted by atomic mass is 9.96. The van der Waals surface area contributed by atoms with Gasteiger partial charge in [-0.1, -0.05) is 0 Å². The van der Waals surface area contributed by atoms with Crippen LogP contribution in [0.15, 0.2) is 0 Å². The highest BCUT2D eigenvalue weighted by atomic mass is 16.8. The van der Waals surface area contributed by atoms with E-state index in [1.807, 2.05) is 0 Å². The highest BCUT2D eigenvalue weighted by Gasteiger charge is 2.55. The molecule has 0 bridgehead atoms. The number of esters is 5. The van der Waals surface area contributed by atoms with Crippen molar-refractivity contribution in [2.75, 3.05) is 13.7 Å². The fourth-order valence-corrected chi connectivity index (χ4v) is 4.20. The molecule has 38 heavy (non-hydrogen) atoms. The second-order valence-corrected chi connectivity index (χ2v) is 8.67. The van der Waals surface area contributed by atoms with E-state index in [9.17, 15) is 29.1 Å². The molecule has 0 aromatic heterocycles. The summed E-state index contributed by atoms with van der Waals surface area (Å²) in [6.45, 7) is 6.73. The van der Waals surface area contributed by atoms with Gasteiger partial charge in [0.1, 0.15) is 18.8 Å². The van der Waals surface area contributed by atoms with Crippen LogP contribution in [-0.2, 0) is 66.6 Å². The van der Waals surface area contributed by atoms with Crippen LogP contribution in [0.4, 0.5) is 0 Å². The zero-order valence-corrected chi connectivity index (χ0v) is 22.1. The Morgan fingerprint density at radius 3 is 1.61 bits per heavy atom. The number of carbonyl (C=O) groups is 5. The second-order valence-electron chi connectivity index (χ2n) is 8.67. The van der Waals surface area contributed by atoms with Gasteiger partial charge in [-0.3, -0.25) is 24.0 Å². The summed E-state index contributed by atoms with van der Waals surface area (Å²) in [6.07, 6.45) is -13.1. The van der Waals surface area contributed by atoms with Crippen LogP contribution in [0.25, 0.3) is 0 Å². The van der Waals surface area contributed by atoms with Gasteiger partial charge >= 0.3 is 29.8 Å². The molecule has 0 radical (unpaired) electrons. The van der Waals surface area contributed by atoms with Crippen molar-refractivity contribution < 1.29 is 71.7 Å². The predicted molar refractivity (Wildman–Crippen MR) is 120 cm³/mol. The minimum absolute atomic E-state index is 0.439. The lowest BCUT2D eigenvalue weighted by Gasteiger charge is -2.47. The van der Waals surface area contributed by atoms with Crippen molar-refractivity contribution in [2.45, 2.75) is 103 Å². The number of hydrogen-bond acceptors (Lipinski definition) is 15. The van der Waals surface area contributed by atoms with E-state index in [-0.39, 0.29) is 0 Å². The van der Waals surface area contributed by atoms with E-state index in [1.165, 1.54) is 21.0 Å². The molecule has 1 N–H and O–H groups in total. The molecule has 0 aromatic carbocycles. The largest absolute Gasteiger partial charge is 0.463 e. The molecule has 2 saturated heterocycles. The zero-order chi connectivity index (χ0) is 28.7. The van der Waals surface area contributed by atoms with Crippen molar-refractivity contribution in [3.05, 3.63) is 0 Å². The summed E-state index contributed by atoms with van der Waals surface area (Å²) in [5.74, 6) is -3.63. The van der Waals surface area contributed by atoms with E-state index >= 15 is 0 Å². The van der Waals surface area contributed by atoms with Crippen LogP contribution in [0, 0.1) is 0 Å². The van der Waals surface area contributed by atoms with Gasteiger partial charge < -0.3 is 47.7 Å². The minimum Gasteiger partial charge on any atom is -0.463 e. The number of rotatable bonds is 9. The lowest BCUT2D eigenvalue weighted by Crippen LogP contribution is -2.66. The van der Waals surface area contributed by atoms with Gasteiger partial charge in [-0.2, -0.15) is 0 Å². The third kappa shape index (κ3) is 8.33. The van der Waals surface area contributed by atoms with E-state index in [2.05, 4.69) is 0 Å². The standard InChI is InChI=1S/C23H34O15/c1-9-16(33-11(3)25)18(35-13(5)27)21(30-7)23(32-9)38-20-19(36-14(6)28)17(34-12(4)26)15(37-22(20)29)8-31-10(2)24/h9,15-23,29H,8H2,1-7H3/t9-,15+,16+,17-,18+,19-,20+,21-,22+,23-/m0/s1. The molecule has 2 aliphatic rings. The van der Waals surface area contributed by atoms with Crippen LogP contribution < -0.4 is 0 Å². The van der Waals surface area contributed by atoms with Crippen molar-refractivity contribution in [1.82, 2.24) is 0 Å². The molecule has 2 heterocycles. The molecule has 15 nitrogen and oxygen atoms in total. The van der Waals surface area contributed by atoms with Gasteiger partial charge in [0.15, 0.2) is 43.1 Å². The number of carbonyl (C=O) groups excluding carboxylic acids is 5. The average Bonchev–Trinajstić information content (AvgIpc) is 2.78. The normalized spacial score (nSPS) is 34.9. The van der Waals surface area contributed by atoms with Crippen LogP contribution >= 0.6 is 0 Å². The Bertz CT molecular complexity index is 875. The number of ether oxygens (including phenoxy) is 9. The maximum absolute atomic E-state index is 12.0. The molecule has 0 amide bonds. The Hall–Kier alpha value is -2.85. The highest BCUT2D eigenvalue weighted by molar-refractivity contribution is 5.68. The van der Waals surface area contributed by atoms with Crippen molar-refractivity contribution in [3.8, 4) is 0 Å². The maximum atomic E-state index is 12.0. The second kappa shape index (κ2) is 13.8. The maximum Gasteiger partial charge on any atom is 0.303 e. The first-order valence-corrected chi connectivity index (χ1v) is 11.7. The number of hydrogen-bond donors (Lipinski definition) is 1. The summed E-state index contributed by atoms with van der Waals surface area (Å²) in [4.78, 5) is 58.6. The van der Waals surface area contributed by atoms with Crippen molar-refractivity contribution in [3.63, 3.8) is 0 Å². The Morgan fingerprint density at radius 2 is 1.13 bits per heavy atom. The first kappa shape index (κ1) is 31.4. The van der Waals surface area contributed by atoms with Crippen LogP contribution in [0.3, 0.4) is 0 Å². The Morgan fingerprint density at radius 1 is 0.658 bits per heavy atom. The quantitative estimate of drug-likeness (QED) is 0.275. The van der Waals surface area contributed by atoms with Crippen LogP contribution in [-0.4, -0.2) is 110 Å². The molecule has 0 saturated carbocycles. The monoisotopic (exact) mass is 550 g/mol. The van der Waals surface area contributed by atoms with Gasteiger partial charge in [-0.05, 0) is 6.92 Å². The molecule has 15 heteroatoms. The van der Waals surface area contributed by atoms with Gasteiger partial charge in [0, 0.05) is 41.7 Å². The third-order valence-corrected chi connectivity index (χ3v) is 5.56. The summed E-state index contributed by atoms with van der Waals surface area (Å²) < 4.78 is 49.0. The van der Waals surface area contributed by atoms with E-state index < -0.39 is 97.9 Å². The Balaban J connectivity index is 2.41. The molecule has 216 valence electrons. The smallest absolute Gasteiger partial charge is 0.303 e. The molecule has 10 atom stereocenters. The van der Waals surface area contributed by atoms with E-state index in [0.717, 1.165) is 27.7 Å². The van der Waals surface area contributed by atoms with Crippen molar-refractivity contribution in [2.24, 2.45) is 0 Å². The van der Waals surface area contributed by atoms with Crippen LogP contribution in [0.2, 0.25) is 0 Å².